The number of benzene rings is 2. The predicted molar refractivity (Wildman–Crippen MR) is 101 cm³/mol. The maximum absolute atomic E-state index is 12.9. The van der Waals surface area contributed by atoms with E-state index in [9.17, 15) is 14.4 Å². The maximum atomic E-state index is 12.9. The maximum Gasteiger partial charge on any atom is 0.331 e. The normalized spacial score (nSPS) is 34.5. The minimum atomic E-state index is -0.582. The zero-order valence-electron chi connectivity index (χ0n) is 15.2. The number of imide groups is 1. The van der Waals surface area contributed by atoms with Gasteiger partial charge in [-0.05, 0) is 53.0 Å². The van der Waals surface area contributed by atoms with E-state index < -0.39 is 5.97 Å². The van der Waals surface area contributed by atoms with E-state index in [0.29, 0.717) is 17.6 Å². The van der Waals surface area contributed by atoms with Crippen molar-refractivity contribution < 1.29 is 19.1 Å². The van der Waals surface area contributed by atoms with Gasteiger partial charge in [0.15, 0.2) is 0 Å². The molecule has 1 heterocycles. The third kappa shape index (κ3) is 2.16. The number of esters is 1. The number of hydrogen-bond donors (Lipinski definition) is 0. The Hall–Kier alpha value is -2.95. The monoisotopic (exact) mass is 373 g/mol. The lowest BCUT2D eigenvalue weighted by Gasteiger charge is -2.37. The standard InChI is InChI=1S/C23H19NO4/c25-19(28-14-6-5-12-3-1-2-4-13(12)9-14)11-24-22(26)20-15-7-8-16(18-10-17(15)18)21(20)23(24)27/h1-9,15-18,20-21H,10-11H2/t15-,16-,17-,18+,20-,21+/m0/s1. The fourth-order valence-corrected chi connectivity index (χ4v) is 5.70. The van der Waals surface area contributed by atoms with Gasteiger partial charge in [-0.25, -0.2) is 4.79 Å². The second kappa shape index (κ2) is 5.53. The van der Waals surface area contributed by atoms with E-state index in [1.807, 2.05) is 30.3 Å². The number of nitrogens with zero attached hydrogens (tertiary/aromatic N) is 1. The molecule has 28 heavy (non-hydrogen) atoms. The summed E-state index contributed by atoms with van der Waals surface area (Å²) in [5.74, 6) is 0.319. The topological polar surface area (TPSA) is 63.7 Å². The summed E-state index contributed by atoms with van der Waals surface area (Å²) in [5, 5.41) is 2.02. The van der Waals surface area contributed by atoms with Crippen LogP contribution in [0.3, 0.4) is 0 Å². The molecular formula is C23H19NO4. The molecular weight excluding hydrogens is 354 g/mol. The molecule has 2 amide bonds. The van der Waals surface area contributed by atoms with Crippen LogP contribution < -0.4 is 4.74 Å². The van der Waals surface area contributed by atoms with Gasteiger partial charge in [0.2, 0.25) is 11.8 Å². The Kier molecular flexibility index (Phi) is 3.17. The molecule has 2 aromatic rings. The second-order valence-electron chi connectivity index (χ2n) is 8.40. The van der Waals surface area contributed by atoms with E-state index in [2.05, 4.69) is 12.2 Å². The van der Waals surface area contributed by atoms with Crippen molar-refractivity contribution in [2.24, 2.45) is 35.5 Å². The van der Waals surface area contributed by atoms with Gasteiger partial charge in [0.25, 0.3) is 0 Å². The molecule has 1 saturated heterocycles. The molecule has 0 aromatic heterocycles. The van der Waals surface area contributed by atoms with Gasteiger partial charge in [-0.15, -0.1) is 0 Å². The zero-order chi connectivity index (χ0) is 19.0. The lowest BCUT2D eigenvalue weighted by molar-refractivity contribution is -0.148. The number of amides is 2. The molecule has 2 bridgehead atoms. The number of rotatable bonds is 3. The third-order valence-corrected chi connectivity index (χ3v) is 6.99. The van der Waals surface area contributed by atoms with Crippen molar-refractivity contribution in [2.45, 2.75) is 6.42 Å². The average Bonchev–Trinajstić information content (AvgIpc) is 3.49. The van der Waals surface area contributed by atoms with E-state index in [0.717, 1.165) is 22.1 Å². The smallest absolute Gasteiger partial charge is 0.331 e. The van der Waals surface area contributed by atoms with Crippen molar-refractivity contribution >= 4 is 28.6 Å². The Balaban J connectivity index is 1.20. The van der Waals surface area contributed by atoms with Crippen LogP contribution in [0, 0.1) is 35.5 Å². The number of likely N-dealkylation sites (tertiary alicyclic amines) is 1. The fraction of sp³-hybridized carbons (Fsp3) is 0.348. The average molecular weight is 373 g/mol. The molecule has 7 rings (SSSR count). The van der Waals surface area contributed by atoms with Crippen molar-refractivity contribution in [3.8, 4) is 5.75 Å². The van der Waals surface area contributed by atoms with Crippen LogP contribution in [-0.2, 0) is 14.4 Å². The molecule has 5 nitrogen and oxygen atoms in total. The van der Waals surface area contributed by atoms with Crippen LogP contribution in [0.4, 0.5) is 0 Å². The first kappa shape index (κ1) is 16.0. The third-order valence-electron chi connectivity index (χ3n) is 6.99. The van der Waals surface area contributed by atoms with Gasteiger partial charge in [-0.1, -0.05) is 42.5 Å². The summed E-state index contributed by atoms with van der Waals surface area (Å²) >= 11 is 0. The fourth-order valence-electron chi connectivity index (χ4n) is 5.70. The molecule has 0 radical (unpaired) electrons. The summed E-state index contributed by atoms with van der Waals surface area (Å²) in [6, 6.07) is 13.2. The van der Waals surface area contributed by atoms with Crippen molar-refractivity contribution in [3.05, 3.63) is 54.6 Å². The number of allylic oxidation sites excluding steroid dienone is 2. The summed E-state index contributed by atoms with van der Waals surface area (Å²) in [6.07, 6.45) is 5.38. The molecule has 2 aromatic carbocycles. The van der Waals surface area contributed by atoms with Gasteiger partial charge >= 0.3 is 5.97 Å². The molecule has 6 atom stereocenters. The van der Waals surface area contributed by atoms with Gasteiger partial charge in [-0.2, -0.15) is 0 Å². The SMILES string of the molecule is O=C(CN1C(=O)[C@@H]2[C@H]3C=C[C@@H]([C@@H]4C[C@H]34)[C@@H]2C1=O)Oc1ccc2ccccc2c1. The van der Waals surface area contributed by atoms with Crippen LogP contribution in [0.5, 0.6) is 5.75 Å². The number of carbonyl (C=O) groups excluding carboxylic acids is 3. The molecule has 0 unspecified atom stereocenters. The summed E-state index contributed by atoms with van der Waals surface area (Å²) in [4.78, 5) is 39.5. The van der Waals surface area contributed by atoms with Gasteiger partial charge in [-0.3, -0.25) is 14.5 Å². The summed E-state index contributed by atoms with van der Waals surface area (Å²) in [6.45, 7) is -0.313. The van der Waals surface area contributed by atoms with Crippen LogP contribution in [0.15, 0.2) is 54.6 Å². The molecule has 3 fully saturated rings. The van der Waals surface area contributed by atoms with Crippen LogP contribution in [0.2, 0.25) is 0 Å². The van der Waals surface area contributed by atoms with E-state index in [4.69, 9.17) is 4.74 Å². The summed E-state index contributed by atoms with van der Waals surface area (Å²) in [5.41, 5.74) is 0. The van der Waals surface area contributed by atoms with Gasteiger partial charge in [0.1, 0.15) is 12.3 Å². The Labute approximate surface area is 162 Å². The van der Waals surface area contributed by atoms with E-state index in [1.54, 1.807) is 12.1 Å². The Morgan fingerprint density at radius 2 is 1.57 bits per heavy atom. The van der Waals surface area contributed by atoms with Crippen molar-refractivity contribution in [3.63, 3.8) is 0 Å². The largest absolute Gasteiger partial charge is 0.425 e. The van der Waals surface area contributed by atoms with E-state index >= 15 is 0 Å². The summed E-state index contributed by atoms with van der Waals surface area (Å²) in [7, 11) is 0. The highest BCUT2D eigenvalue weighted by atomic mass is 16.5. The van der Waals surface area contributed by atoms with Gasteiger partial charge in [0.05, 0.1) is 11.8 Å². The van der Waals surface area contributed by atoms with E-state index in [-0.39, 0.29) is 42.0 Å². The van der Waals surface area contributed by atoms with Gasteiger partial charge in [0, 0.05) is 0 Å². The Bertz CT molecular complexity index is 1040. The first-order valence-corrected chi connectivity index (χ1v) is 9.85. The molecule has 140 valence electrons. The summed E-state index contributed by atoms with van der Waals surface area (Å²) < 4.78 is 5.43. The van der Waals surface area contributed by atoms with Gasteiger partial charge < -0.3 is 4.74 Å². The van der Waals surface area contributed by atoms with Crippen LogP contribution >= 0.6 is 0 Å². The first-order chi connectivity index (χ1) is 13.6. The molecule has 4 aliphatic carbocycles. The molecule has 1 aliphatic heterocycles. The lowest BCUT2D eigenvalue weighted by Crippen LogP contribution is -2.40. The molecule has 2 saturated carbocycles. The Morgan fingerprint density at radius 1 is 0.929 bits per heavy atom. The molecule has 0 N–H and O–H groups in total. The number of fused-ring (bicyclic) bond motifs is 1. The van der Waals surface area contributed by atoms with Crippen molar-refractivity contribution in [1.82, 2.24) is 4.90 Å². The predicted octanol–water partition coefficient (Wildman–Crippen LogP) is 2.80. The second-order valence-corrected chi connectivity index (χ2v) is 8.40. The number of ether oxygens (including phenoxy) is 1. The highest BCUT2D eigenvalue weighted by Gasteiger charge is 2.67. The first-order valence-electron chi connectivity index (χ1n) is 9.85. The Morgan fingerprint density at radius 3 is 2.25 bits per heavy atom. The lowest BCUT2D eigenvalue weighted by atomic mass is 9.63. The zero-order valence-corrected chi connectivity index (χ0v) is 15.2. The van der Waals surface area contributed by atoms with Crippen LogP contribution in [0.1, 0.15) is 6.42 Å². The molecule has 5 heteroatoms. The minimum Gasteiger partial charge on any atom is -0.425 e. The highest BCUT2D eigenvalue weighted by molar-refractivity contribution is 6.08. The van der Waals surface area contributed by atoms with Crippen molar-refractivity contribution in [2.75, 3.05) is 6.54 Å². The minimum absolute atomic E-state index is 0.165. The van der Waals surface area contributed by atoms with Crippen LogP contribution in [0.25, 0.3) is 10.8 Å². The number of hydrogen-bond acceptors (Lipinski definition) is 4. The quantitative estimate of drug-likeness (QED) is 0.359. The molecule has 0 spiro atoms. The van der Waals surface area contributed by atoms with Crippen molar-refractivity contribution in [1.29, 1.82) is 0 Å². The van der Waals surface area contributed by atoms with Crippen LogP contribution in [-0.4, -0.2) is 29.2 Å². The molecule has 5 aliphatic rings. The highest BCUT2D eigenvalue weighted by Crippen LogP contribution is 2.65. The number of carbonyl (C=O) groups is 3. The van der Waals surface area contributed by atoms with E-state index in [1.165, 1.54) is 0 Å².